The Hall–Kier alpha value is -1.88. The predicted octanol–water partition coefficient (Wildman–Crippen LogP) is 2.70. The van der Waals surface area contributed by atoms with E-state index in [1.54, 1.807) is 12.3 Å². The number of thiazole rings is 1. The van der Waals surface area contributed by atoms with Gasteiger partial charge in [0.05, 0.1) is 5.54 Å². The number of aryl methyl sites for hydroxylation is 1. The van der Waals surface area contributed by atoms with Gasteiger partial charge in [0.25, 0.3) is 5.91 Å². The third-order valence-electron chi connectivity index (χ3n) is 2.75. The van der Waals surface area contributed by atoms with E-state index in [9.17, 15) is 4.79 Å². The lowest BCUT2D eigenvalue weighted by atomic mass is 10.0. The number of nitrogens with one attached hydrogen (secondary N) is 1. The molecular formula is C14H17N3OS. The highest BCUT2D eigenvalue weighted by Crippen LogP contribution is 2.23. The van der Waals surface area contributed by atoms with Crippen LogP contribution < -0.4 is 11.1 Å². The largest absolute Gasteiger partial charge is 0.399 e. The summed E-state index contributed by atoms with van der Waals surface area (Å²) in [5.41, 5.74) is 7.40. The Kier molecular flexibility index (Phi) is 3.57. The Balaban J connectivity index is 2.21. The van der Waals surface area contributed by atoms with E-state index in [0.717, 1.165) is 10.6 Å². The number of benzene rings is 1. The minimum atomic E-state index is -0.496. The molecule has 4 nitrogen and oxygen atoms in total. The van der Waals surface area contributed by atoms with Crippen molar-refractivity contribution in [1.29, 1.82) is 0 Å². The van der Waals surface area contributed by atoms with Gasteiger partial charge in [-0.15, -0.1) is 11.3 Å². The molecule has 0 radical (unpaired) electrons. The van der Waals surface area contributed by atoms with E-state index in [1.807, 2.05) is 38.3 Å². The number of nitrogen functional groups attached to an aromatic ring is 1. The average molecular weight is 275 g/mol. The van der Waals surface area contributed by atoms with Crippen LogP contribution in [0.4, 0.5) is 5.69 Å². The summed E-state index contributed by atoms with van der Waals surface area (Å²) in [6.07, 6.45) is 1.73. The second-order valence-electron chi connectivity index (χ2n) is 5.05. The second kappa shape index (κ2) is 5.01. The van der Waals surface area contributed by atoms with E-state index in [-0.39, 0.29) is 5.91 Å². The van der Waals surface area contributed by atoms with Crippen molar-refractivity contribution in [1.82, 2.24) is 10.3 Å². The van der Waals surface area contributed by atoms with E-state index in [2.05, 4.69) is 10.3 Å². The number of anilines is 1. The van der Waals surface area contributed by atoms with Gasteiger partial charge in [0.15, 0.2) is 0 Å². The molecule has 0 fully saturated rings. The van der Waals surface area contributed by atoms with Crippen molar-refractivity contribution in [3.05, 3.63) is 45.9 Å². The predicted molar refractivity (Wildman–Crippen MR) is 78.2 cm³/mol. The molecule has 2 aromatic rings. The normalized spacial score (nSPS) is 11.3. The summed E-state index contributed by atoms with van der Waals surface area (Å²) in [6.45, 7) is 5.78. The zero-order valence-corrected chi connectivity index (χ0v) is 12.0. The van der Waals surface area contributed by atoms with Crippen LogP contribution in [0, 0.1) is 6.92 Å². The highest BCUT2D eigenvalue weighted by Gasteiger charge is 2.26. The number of hydrogen-bond acceptors (Lipinski definition) is 4. The smallest absolute Gasteiger partial charge is 0.252 e. The SMILES string of the molecule is Cc1cc(N)cc(C(=O)NC(C)(C)c2nccs2)c1. The minimum absolute atomic E-state index is 0.143. The van der Waals surface area contributed by atoms with Crippen molar-refractivity contribution >= 4 is 22.9 Å². The van der Waals surface area contributed by atoms with Crippen molar-refractivity contribution in [3.8, 4) is 0 Å². The fraction of sp³-hybridized carbons (Fsp3) is 0.286. The van der Waals surface area contributed by atoms with Gasteiger partial charge in [0, 0.05) is 22.8 Å². The molecule has 0 saturated heterocycles. The van der Waals surface area contributed by atoms with E-state index in [1.165, 1.54) is 11.3 Å². The van der Waals surface area contributed by atoms with Crippen LogP contribution in [0.3, 0.4) is 0 Å². The van der Waals surface area contributed by atoms with Crippen LogP contribution in [-0.2, 0) is 5.54 Å². The van der Waals surface area contributed by atoms with Crippen LogP contribution in [0.1, 0.15) is 34.8 Å². The standard InChI is InChI=1S/C14H17N3OS/c1-9-6-10(8-11(15)7-9)12(18)17-14(2,3)13-16-4-5-19-13/h4-8H,15H2,1-3H3,(H,17,18). The Morgan fingerprint density at radius 2 is 2.11 bits per heavy atom. The summed E-state index contributed by atoms with van der Waals surface area (Å²) >= 11 is 1.52. The molecule has 1 aromatic carbocycles. The molecule has 1 aromatic heterocycles. The first kappa shape index (κ1) is 13.5. The first-order chi connectivity index (χ1) is 8.88. The van der Waals surface area contributed by atoms with Gasteiger partial charge in [0.1, 0.15) is 5.01 Å². The molecule has 0 aliphatic carbocycles. The molecule has 100 valence electrons. The molecule has 0 atom stereocenters. The van der Waals surface area contributed by atoms with Gasteiger partial charge in [-0.05, 0) is 44.5 Å². The van der Waals surface area contributed by atoms with Gasteiger partial charge in [0.2, 0.25) is 0 Å². The molecule has 1 heterocycles. The summed E-state index contributed by atoms with van der Waals surface area (Å²) < 4.78 is 0. The molecule has 5 heteroatoms. The third kappa shape index (κ3) is 3.12. The van der Waals surface area contributed by atoms with Crippen molar-refractivity contribution < 1.29 is 4.79 Å². The molecule has 0 aliphatic heterocycles. The van der Waals surface area contributed by atoms with Crippen molar-refractivity contribution in [3.63, 3.8) is 0 Å². The molecule has 3 N–H and O–H groups in total. The van der Waals surface area contributed by atoms with Gasteiger partial charge in [-0.2, -0.15) is 0 Å². The van der Waals surface area contributed by atoms with E-state index in [4.69, 9.17) is 5.73 Å². The topological polar surface area (TPSA) is 68.0 Å². The lowest BCUT2D eigenvalue weighted by Gasteiger charge is -2.24. The van der Waals surface area contributed by atoms with E-state index >= 15 is 0 Å². The average Bonchev–Trinajstić information content (AvgIpc) is 2.80. The number of amides is 1. The number of carbonyl (C=O) groups is 1. The van der Waals surface area contributed by atoms with Gasteiger partial charge < -0.3 is 11.1 Å². The Morgan fingerprint density at radius 3 is 2.68 bits per heavy atom. The van der Waals surface area contributed by atoms with E-state index < -0.39 is 5.54 Å². The van der Waals surface area contributed by atoms with Crippen LogP contribution in [0.2, 0.25) is 0 Å². The molecule has 19 heavy (non-hydrogen) atoms. The maximum Gasteiger partial charge on any atom is 0.252 e. The van der Waals surface area contributed by atoms with Crippen LogP contribution in [-0.4, -0.2) is 10.9 Å². The van der Waals surface area contributed by atoms with Crippen LogP contribution >= 0.6 is 11.3 Å². The van der Waals surface area contributed by atoms with Crippen molar-refractivity contribution in [2.45, 2.75) is 26.3 Å². The highest BCUT2D eigenvalue weighted by molar-refractivity contribution is 7.09. The molecule has 1 amide bonds. The summed E-state index contributed by atoms with van der Waals surface area (Å²) in [7, 11) is 0. The van der Waals surface area contributed by atoms with Crippen molar-refractivity contribution in [2.75, 3.05) is 5.73 Å². The number of aromatic nitrogens is 1. The van der Waals surface area contributed by atoms with Crippen LogP contribution in [0.15, 0.2) is 29.8 Å². The van der Waals surface area contributed by atoms with Crippen molar-refractivity contribution in [2.24, 2.45) is 0 Å². The fourth-order valence-corrected chi connectivity index (χ4v) is 2.60. The number of rotatable bonds is 3. The Bertz CT molecular complexity index is 570. The molecular weight excluding hydrogens is 258 g/mol. The minimum Gasteiger partial charge on any atom is -0.399 e. The first-order valence-corrected chi connectivity index (χ1v) is 6.86. The summed E-state index contributed by atoms with van der Waals surface area (Å²) in [5, 5.41) is 5.76. The van der Waals surface area contributed by atoms with E-state index in [0.29, 0.717) is 11.3 Å². The Labute approximate surface area is 116 Å². The number of hydrogen-bond donors (Lipinski definition) is 2. The quantitative estimate of drug-likeness (QED) is 0.846. The van der Waals surface area contributed by atoms with Gasteiger partial charge in [-0.3, -0.25) is 4.79 Å². The van der Waals surface area contributed by atoms with Gasteiger partial charge >= 0.3 is 0 Å². The second-order valence-corrected chi connectivity index (χ2v) is 5.94. The first-order valence-electron chi connectivity index (χ1n) is 5.98. The summed E-state index contributed by atoms with van der Waals surface area (Å²) in [4.78, 5) is 16.5. The molecule has 0 bridgehead atoms. The zero-order chi connectivity index (χ0) is 14.0. The molecule has 0 unspecified atom stereocenters. The van der Waals surface area contributed by atoms with Crippen LogP contribution in [0.5, 0.6) is 0 Å². The maximum atomic E-state index is 12.3. The zero-order valence-electron chi connectivity index (χ0n) is 11.2. The lowest BCUT2D eigenvalue weighted by molar-refractivity contribution is 0.0912. The van der Waals surface area contributed by atoms with Gasteiger partial charge in [-0.1, -0.05) is 0 Å². The number of nitrogens with two attached hydrogens (primary N) is 1. The van der Waals surface area contributed by atoms with Crippen LogP contribution in [0.25, 0.3) is 0 Å². The monoisotopic (exact) mass is 275 g/mol. The molecule has 0 spiro atoms. The number of carbonyl (C=O) groups excluding carboxylic acids is 1. The fourth-order valence-electron chi connectivity index (χ4n) is 1.89. The highest BCUT2D eigenvalue weighted by atomic mass is 32.1. The lowest BCUT2D eigenvalue weighted by Crippen LogP contribution is -2.40. The maximum absolute atomic E-state index is 12.3. The Morgan fingerprint density at radius 1 is 1.37 bits per heavy atom. The summed E-state index contributed by atoms with van der Waals surface area (Å²) in [6, 6.07) is 5.34. The molecule has 0 saturated carbocycles. The number of nitrogens with zero attached hydrogens (tertiary/aromatic N) is 1. The summed E-state index contributed by atoms with van der Waals surface area (Å²) in [5.74, 6) is -0.143. The molecule has 2 rings (SSSR count). The van der Waals surface area contributed by atoms with Gasteiger partial charge in [-0.25, -0.2) is 4.98 Å². The molecule has 0 aliphatic rings. The third-order valence-corrected chi connectivity index (χ3v) is 3.85.